The molecule has 1 aliphatic carbocycles. The van der Waals surface area contributed by atoms with Crippen molar-refractivity contribution < 1.29 is 14.3 Å². The molecule has 1 aliphatic heterocycles. The second-order valence-corrected chi connectivity index (χ2v) is 12.4. The summed E-state index contributed by atoms with van der Waals surface area (Å²) in [6.07, 6.45) is 8.29. The average Bonchev–Trinajstić information content (AvgIpc) is 2.96. The van der Waals surface area contributed by atoms with E-state index >= 15 is 0 Å². The number of alkyl halides is 1. The van der Waals surface area contributed by atoms with E-state index in [4.69, 9.17) is 31.0 Å². The number of amides is 1. The Balaban J connectivity index is 1.54. The Morgan fingerprint density at radius 1 is 1.12 bits per heavy atom. The third kappa shape index (κ3) is 7.21. The van der Waals surface area contributed by atoms with Gasteiger partial charge in [-0.05, 0) is 50.0 Å². The highest BCUT2D eigenvalue weighted by molar-refractivity contribution is 6.27. The maximum Gasteiger partial charge on any atom is 0.234 e. The number of nitrogens with zero attached hydrogens (tertiary/aromatic N) is 5. The van der Waals surface area contributed by atoms with Crippen LogP contribution >= 0.6 is 11.6 Å². The third-order valence-corrected chi connectivity index (χ3v) is 8.94. The van der Waals surface area contributed by atoms with E-state index in [1.165, 1.54) is 25.7 Å². The summed E-state index contributed by atoms with van der Waals surface area (Å²) in [5.41, 5.74) is 1.27. The first-order valence-corrected chi connectivity index (χ1v) is 15.1. The number of likely N-dealkylation sites (tertiary alicyclic amines) is 1. The lowest BCUT2D eigenvalue weighted by molar-refractivity contribution is -0.118. The molecule has 1 aromatic heterocycles. The van der Waals surface area contributed by atoms with Crippen LogP contribution in [0.25, 0.3) is 10.9 Å². The molecule has 10 heteroatoms. The molecule has 1 atom stereocenters. The Hall–Kier alpha value is -2.52. The van der Waals surface area contributed by atoms with Crippen molar-refractivity contribution in [3.05, 3.63) is 12.1 Å². The molecular weight excluding hydrogens is 528 g/mol. The number of halogens is 1. The zero-order valence-electron chi connectivity index (χ0n) is 25.1. The van der Waals surface area contributed by atoms with Crippen molar-refractivity contribution in [2.24, 2.45) is 5.41 Å². The largest absolute Gasteiger partial charge is 0.493 e. The Morgan fingerprint density at radius 3 is 2.48 bits per heavy atom. The number of methoxy groups -OCH3 is 2. The van der Waals surface area contributed by atoms with E-state index < -0.39 is 0 Å². The first kappa shape index (κ1) is 30.4. The Kier molecular flexibility index (Phi) is 10.2. The average molecular weight is 575 g/mol. The number of carbonyl (C=O) groups excluding carboxylic acids is 1. The summed E-state index contributed by atoms with van der Waals surface area (Å²) in [6.45, 7) is 8.34. The highest BCUT2D eigenvalue weighted by atomic mass is 35.5. The fourth-order valence-corrected chi connectivity index (χ4v) is 6.43. The number of anilines is 2. The van der Waals surface area contributed by atoms with Gasteiger partial charge in [-0.1, -0.05) is 20.3 Å². The molecule has 9 nitrogen and oxygen atoms in total. The molecule has 40 heavy (non-hydrogen) atoms. The van der Waals surface area contributed by atoms with Crippen molar-refractivity contribution in [2.75, 3.05) is 70.2 Å². The number of nitrogens with one attached hydrogen (secondary N) is 1. The summed E-state index contributed by atoms with van der Waals surface area (Å²) < 4.78 is 11.2. The van der Waals surface area contributed by atoms with E-state index in [2.05, 4.69) is 36.0 Å². The highest BCUT2D eigenvalue weighted by Gasteiger charge is 2.34. The number of benzene rings is 1. The smallest absolute Gasteiger partial charge is 0.234 e. The maximum atomic E-state index is 11.5. The predicted molar refractivity (Wildman–Crippen MR) is 163 cm³/mol. The van der Waals surface area contributed by atoms with Crippen LogP contribution in [0, 0.1) is 5.41 Å². The van der Waals surface area contributed by atoms with E-state index in [1.807, 2.05) is 24.1 Å². The number of hydrogen-bond acceptors (Lipinski definition) is 8. The van der Waals surface area contributed by atoms with Crippen LogP contribution in [0.3, 0.4) is 0 Å². The molecule has 2 aliphatic rings. The molecule has 222 valence electrons. The monoisotopic (exact) mass is 574 g/mol. The quantitative estimate of drug-likeness (QED) is 0.305. The van der Waals surface area contributed by atoms with Crippen LogP contribution < -0.4 is 24.6 Å². The predicted octanol–water partition coefficient (Wildman–Crippen LogP) is 4.70. The van der Waals surface area contributed by atoms with Crippen molar-refractivity contribution >= 4 is 40.2 Å². The second-order valence-electron chi connectivity index (χ2n) is 12.1. The molecule has 2 heterocycles. The van der Waals surface area contributed by atoms with Gasteiger partial charge in [0, 0.05) is 63.8 Å². The van der Waals surface area contributed by atoms with E-state index in [0.717, 1.165) is 49.1 Å². The van der Waals surface area contributed by atoms with Crippen molar-refractivity contribution in [2.45, 2.75) is 70.9 Å². The van der Waals surface area contributed by atoms with E-state index in [9.17, 15) is 4.79 Å². The molecule has 0 bridgehead atoms. The Labute approximate surface area is 244 Å². The minimum atomic E-state index is -0.158. The normalized spacial score (nSPS) is 19.8. The molecule has 1 N–H and O–H groups in total. The van der Waals surface area contributed by atoms with Crippen molar-refractivity contribution in [3.8, 4) is 11.5 Å². The van der Waals surface area contributed by atoms with Crippen LogP contribution in [0.15, 0.2) is 12.1 Å². The van der Waals surface area contributed by atoms with Gasteiger partial charge in [0.05, 0.1) is 19.7 Å². The fraction of sp³-hybridized carbons (Fsp3) is 0.700. The number of ether oxygens (including phenoxy) is 2. The van der Waals surface area contributed by atoms with Gasteiger partial charge in [-0.25, -0.2) is 4.98 Å². The van der Waals surface area contributed by atoms with E-state index in [0.29, 0.717) is 48.0 Å². The molecular formula is C30H47ClN6O3. The maximum absolute atomic E-state index is 11.5. The number of hydrogen-bond donors (Lipinski definition) is 1. The molecule has 1 unspecified atom stereocenters. The zero-order chi connectivity index (χ0) is 28.9. The Morgan fingerprint density at radius 2 is 1.82 bits per heavy atom. The van der Waals surface area contributed by atoms with Crippen LogP contribution in [-0.2, 0) is 4.79 Å². The number of carbonyl (C=O) groups is 1. The van der Waals surface area contributed by atoms with Gasteiger partial charge in [0.25, 0.3) is 0 Å². The second kappa shape index (κ2) is 13.4. The van der Waals surface area contributed by atoms with Crippen LogP contribution in [0.2, 0.25) is 0 Å². The molecule has 1 saturated carbocycles. The first-order chi connectivity index (χ1) is 19.2. The molecule has 0 radical (unpaired) electrons. The zero-order valence-corrected chi connectivity index (χ0v) is 25.9. The van der Waals surface area contributed by atoms with E-state index in [1.54, 1.807) is 14.2 Å². The van der Waals surface area contributed by atoms with Crippen LogP contribution in [0.1, 0.15) is 58.8 Å². The van der Waals surface area contributed by atoms with Crippen molar-refractivity contribution in [3.63, 3.8) is 0 Å². The minimum absolute atomic E-state index is 0.0256. The summed E-state index contributed by atoms with van der Waals surface area (Å²) >= 11 is 5.59. The van der Waals surface area contributed by atoms with Gasteiger partial charge in [0.2, 0.25) is 11.9 Å². The lowest BCUT2D eigenvalue weighted by Crippen LogP contribution is -2.49. The summed E-state index contributed by atoms with van der Waals surface area (Å²) in [7, 11) is 7.44. The summed E-state index contributed by atoms with van der Waals surface area (Å²) in [5.74, 6) is 2.67. The standard InChI is InChI=1S/C30H47ClN6O3/c1-30(2)12-7-9-22(19-30)37-15-10-21(11-16-37)36(4)28-23-17-25(39-5)26(40-6)18-24(23)33-29(34-28)35(3)14-8-13-32-27(38)20-31/h17-18,21-22H,7-16,19-20H2,1-6H3,(H,32,38). The van der Waals surface area contributed by atoms with Crippen LogP contribution in [0.4, 0.5) is 11.8 Å². The minimum Gasteiger partial charge on any atom is -0.493 e. The SMILES string of the molecule is COc1cc2nc(N(C)CCCNC(=O)CCl)nc(N(C)C3CCN(C4CCCC(C)(C)C4)CC3)c2cc1OC. The van der Waals surface area contributed by atoms with Gasteiger partial charge in [0.1, 0.15) is 11.7 Å². The van der Waals surface area contributed by atoms with Crippen molar-refractivity contribution in [1.29, 1.82) is 0 Å². The molecule has 0 spiro atoms. The lowest BCUT2D eigenvalue weighted by atomic mass is 9.74. The number of piperidine rings is 1. The van der Waals surface area contributed by atoms with Crippen LogP contribution in [0.5, 0.6) is 11.5 Å². The molecule has 4 rings (SSSR count). The summed E-state index contributed by atoms with van der Waals surface area (Å²) in [5, 5.41) is 3.77. The number of aromatic nitrogens is 2. The van der Waals surface area contributed by atoms with Crippen molar-refractivity contribution in [1.82, 2.24) is 20.2 Å². The topological polar surface area (TPSA) is 83.1 Å². The van der Waals surface area contributed by atoms with E-state index in [-0.39, 0.29) is 11.8 Å². The highest BCUT2D eigenvalue weighted by Crippen LogP contribution is 2.40. The molecule has 1 saturated heterocycles. The van der Waals surface area contributed by atoms with Gasteiger partial charge in [-0.3, -0.25) is 4.79 Å². The summed E-state index contributed by atoms with van der Waals surface area (Å²) in [6, 6.07) is 5.02. The lowest BCUT2D eigenvalue weighted by Gasteiger charge is -2.45. The first-order valence-electron chi connectivity index (χ1n) is 14.6. The van der Waals surface area contributed by atoms with Gasteiger partial charge >= 0.3 is 0 Å². The van der Waals surface area contributed by atoms with Gasteiger partial charge in [0.15, 0.2) is 11.5 Å². The molecule has 2 aromatic rings. The van der Waals surface area contributed by atoms with Gasteiger partial charge in [-0.15, -0.1) is 11.6 Å². The number of rotatable bonds is 11. The molecule has 2 fully saturated rings. The van der Waals surface area contributed by atoms with Gasteiger partial charge < -0.3 is 29.5 Å². The Bertz CT molecular complexity index is 1150. The molecule has 1 amide bonds. The third-order valence-electron chi connectivity index (χ3n) is 8.70. The van der Waals surface area contributed by atoms with Gasteiger partial charge in [-0.2, -0.15) is 4.98 Å². The van der Waals surface area contributed by atoms with Crippen LogP contribution in [-0.4, -0.2) is 93.2 Å². The summed E-state index contributed by atoms with van der Waals surface area (Å²) in [4.78, 5) is 28.6. The fourth-order valence-electron chi connectivity index (χ4n) is 6.34. The molecule has 1 aromatic carbocycles. The number of fused-ring (bicyclic) bond motifs is 1.